The first-order chi connectivity index (χ1) is 13.2. The van der Waals surface area contributed by atoms with Crippen LogP contribution in [-0.2, 0) is 0 Å². The normalized spacial score (nSPS) is 37.9. The Bertz CT molecular complexity index is 738. The van der Waals surface area contributed by atoms with E-state index in [2.05, 4.69) is 38.7 Å². The molecule has 0 unspecified atom stereocenters. The van der Waals surface area contributed by atoms with Gasteiger partial charge < -0.3 is 10.2 Å². The average molecular weight is 387 g/mol. The number of fused-ring (bicyclic) bond motifs is 1. The highest BCUT2D eigenvalue weighted by Crippen LogP contribution is 2.57. The van der Waals surface area contributed by atoms with E-state index in [1.807, 2.05) is 0 Å². The molecule has 0 saturated heterocycles. The molecule has 0 aromatic heterocycles. The minimum atomic E-state index is -0.641. The summed E-state index contributed by atoms with van der Waals surface area (Å²) in [5.41, 5.74) is 4.81. The smallest absolute Gasteiger partial charge is 0.0929 e. The topological polar surface area (TPSA) is 40.5 Å². The largest absolute Gasteiger partial charge is 0.393 e. The van der Waals surface area contributed by atoms with Crippen molar-refractivity contribution in [1.29, 1.82) is 0 Å². The molecule has 28 heavy (non-hydrogen) atoms. The summed E-state index contributed by atoms with van der Waals surface area (Å²) >= 11 is 0. The molecule has 2 nitrogen and oxygen atoms in total. The molecule has 0 amide bonds. The van der Waals surface area contributed by atoms with E-state index < -0.39 is 12.2 Å². The van der Waals surface area contributed by atoms with Crippen molar-refractivity contribution in [3.8, 4) is 0 Å². The molecular weight excluding hydrogens is 351 g/mol. The molecule has 2 N–H and O–H groups in total. The molecular formula is C25H35FO2. The Morgan fingerprint density at radius 2 is 2.14 bits per heavy atom. The molecule has 2 fully saturated rings. The Balaban J connectivity index is 1.79. The van der Waals surface area contributed by atoms with Crippen LogP contribution in [0.15, 0.2) is 59.0 Å². The van der Waals surface area contributed by atoms with Crippen LogP contribution in [0.25, 0.3) is 0 Å². The van der Waals surface area contributed by atoms with Crippen molar-refractivity contribution in [3.05, 3.63) is 59.0 Å². The summed E-state index contributed by atoms with van der Waals surface area (Å²) in [5.74, 6) is 0.764. The van der Waals surface area contributed by atoms with E-state index in [1.165, 1.54) is 24.5 Å². The van der Waals surface area contributed by atoms with Crippen molar-refractivity contribution in [3.63, 3.8) is 0 Å². The van der Waals surface area contributed by atoms with Gasteiger partial charge in [0.05, 0.1) is 18.0 Å². The molecule has 0 spiro atoms. The summed E-state index contributed by atoms with van der Waals surface area (Å²) < 4.78 is 13.2. The Morgan fingerprint density at radius 1 is 1.39 bits per heavy atom. The third-order valence-corrected chi connectivity index (χ3v) is 7.16. The highest BCUT2D eigenvalue weighted by molar-refractivity contribution is 5.40. The molecule has 0 radical (unpaired) electrons. The Hall–Kier alpha value is -1.45. The van der Waals surface area contributed by atoms with E-state index in [0.29, 0.717) is 24.7 Å². The predicted octanol–water partition coefficient (Wildman–Crippen LogP) is 5.95. The van der Waals surface area contributed by atoms with Crippen LogP contribution < -0.4 is 0 Å². The first-order valence-corrected chi connectivity index (χ1v) is 10.7. The molecule has 0 bridgehead atoms. The van der Waals surface area contributed by atoms with Crippen LogP contribution in [0.5, 0.6) is 0 Å². The zero-order valence-corrected chi connectivity index (χ0v) is 17.5. The summed E-state index contributed by atoms with van der Waals surface area (Å²) in [5, 5.41) is 20.1. The minimum Gasteiger partial charge on any atom is -0.393 e. The fourth-order valence-corrected chi connectivity index (χ4v) is 5.55. The first kappa shape index (κ1) is 21.3. The maximum absolute atomic E-state index is 13.2. The van der Waals surface area contributed by atoms with E-state index in [1.54, 1.807) is 6.08 Å². The van der Waals surface area contributed by atoms with Gasteiger partial charge in [-0.3, -0.25) is 0 Å². The summed E-state index contributed by atoms with van der Waals surface area (Å²) in [4.78, 5) is 0. The zero-order chi connectivity index (χ0) is 20.5. The van der Waals surface area contributed by atoms with E-state index in [4.69, 9.17) is 0 Å². The van der Waals surface area contributed by atoms with Crippen molar-refractivity contribution in [1.82, 2.24) is 0 Å². The first-order valence-electron chi connectivity index (χ1n) is 10.7. The number of hydrogen-bond acceptors (Lipinski definition) is 2. The quantitative estimate of drug-likeness (QED) is 0.586. The molecule has 3 heteroatoms. The zero-order valence-electron chi connectivity index (χ0n) is 17.5. The predicted molar refractivity (Wildman–Crippen MR) is 113 cm³/mol. The van der Waals surface area contributed by atoms with Gasteiger partial charge in [0, 0.05) is 6.42 Å². The lowest BCUT2D eigenvalue weighted by Gasteiger charge is -2.42. The van der Waals surface area contributed by atoms with Crippen LogP contribution in [-0.4, -0.2) is 22.4 Å². The van der Waals surface area contributed by atoms with E-state index in [0.717, 1.165) is 36.8 Å². The second-order valence-corrected chi connectivity index (χ2v) is 9.21. The standard InChI is InChI=1S/C25H35FO2/c1-16(7-8-17(2)26)22-11-12-23-19(6-5-13-25(22,23)4)9-10-20-14-21(27)15-24(28)18(20)3/h8-11,16,21,23-24,27-28H,3,5-7,12-15H2,1-2,4H3/b17-8-,19-9+,20-10-/t16-,21-,23+,24+,25-/m1/s1. The molecule has 3 rings (SSSR count). The number of allylic oxidation sites excluding steroid dienone is 7. The van der Waals surface area contributed by atoms with Crippen LogP contribution in [0.2, 0.25) is 0 Å². The molecule has 3 aliphatic rings. The van der Waals surface area contributed by atoms with Gasteiger partial charge in [-0.15, -0.1) is 0 Å². The fraction of sp³-hybridized carbons (Fsp3) is 0.600. The van der Waals surface area contributed by atoms with E-state index >= 15 is 0 Å². The van der Waals surface area contributed by atoms with Gasteiger partial charge >= 0.3 is 0 Å². The minimum absolute atomic E-state index is 0.0971. The Labute approximate surface area is 169 Å². The molecule has 3 aliphatic carbocycles. The molecule has 0 heterocycles. The van der Waals surface area contributed by atoms with E-state index in [-0.39, 0.29) is 11.2 Å². The summed E-state index contributed by atoms with van der Waals surface area (Å²) in [6.07, 6.45) is 13.5. The Kier molecular flexibility index (Phi) is 6.46. The lowest BCUT2D eigenvalue weighted by Crippen LogP contribution is -2.32. The molecule has 0 aromatic carbocycles. The molecule has 5 atom stereocenters. The van der Waals surface area contributed by atoms with Crippen molar-refractivity contribution < 1.29 is 14.6 Å². The maximum Gasteiger partial charge on any atom is 0.0929 e. The molecule has 0 aliphatic heterocycles. The number of aliphatic hydroxyl groups is 2. The number of hydrogen-bond donors (Lipinski definition) is 2. The molecule has 2 saturated carbocycles. The Morgan fingerprint density at radius 3 is 2.86 bits per heavy atom. The molecule has 0 aromatic rings. The van der Waals surface area contributed by atoms with Crippen molar-refractivity contribution in [2.24, 2.45) is 17.3 Å². The molecule has 154 valence electrons. The third-order valence-electron chi connectivity index (χ3n) is 7.16. The SMILES string of the molecule is C=C1/C(=C\C=C2/CCC[C@]3(C)C([C@H](C)C/C=C(/C)F)=CC[C@@H]23)C[C@@H](O)C[C@@H]1O. The van der Waals surface area contributed by atoms with Crippen LogP contribution in [0.4, 0.5) is 4.39 Å². The highest BCUT2D eigenvalue weighted by Gasteiger charge is 2.45. The van der Waals surface area contributed by atoms with Gasteiger partial charge in [0.25, 0.3) is 0 Å². The van der Waals surface area contributed by atoms with Crippen molar-refractivity contribution >= 4 is 0 Å². The number of rotatable bonds is 4. The summed E-state index contributed by atoms with van der Waals surface area (Å²) in [6, 6.07) is 0. The van der Waals surface area contributed by atoms with Crippen LogP contribution >= 0.6 is 0 Å². The van der Waals surface area contributed by atoms with Gasteiger partial charge in [-0.2, -0.15) is 0 Å². The average Bonchev–Trinajstić information content (AvgIpc) is 2.99. The number of aliphatic hydroxyl groups excluding tert-OH is 2. The second kappa shape index (κ2) is 8.51. The lowest BCUT2D eigenvalue weighted by atomic mass is 9.62. The fourth-order valence-electron chi connectivity index (χ4n) is 5.55. The monoisotopic (exact) mass is 386 g/mol. The van der Waals surface area contributed by atoms with Crippen LogP contribution in [0.1, 0.15) is 65.7 Å². The van der Waals surface area contributed by atoms with Gasteiger partial charge in [-0.25, -0.2) is 4.39 Å². The van der Waals surface area contributed by atoms with Crippen molar-refractivity contribution in [2.45, 2.75) is 77.9 Å². The lowest BCUT2D eigenvalue weighted by molar-refractivity contribution is 0.0862. The van der Waals surface area contributed by atoms with Gasteiger partial charge in [-0.05, 0) is 73.8 Å². The summed E-state index contributed by atoms with van der Waals surface area (Å²) in [6.45, 7) is 10.1. The van der Waals surface area contributed by atoms with Gasteiger partial charge in [0.1, 0.15) is 0 Å². The highest BCUT2D eigenvalue weighted by atomic mass is 19.1. The van der Waals surface area contributed by atoms with Gasteiger partial charge in [0.2, 0.25) is 0 Å². The second-order valence-electron chi connectivity index (χ2n) is 9.21. The van der Waals surface area contributed by atoms with Gasteiger partial charge in [-0.1, -0.05) is 55.9 Å². The van der Waals surface area contributed by atoms with Gasteiger partial charge in [0.15, 0.2) is 0 Å². The van der Waals surface area contributed by atoms with Crippen molar-refractivity contribution in [2.75, 3.05) is 0 Å². The van der Waals surface area contributed by atoms with Crippen LogP contribution in [0.3, 0.4) is 0 Å². The summed E-state index contributed by atoms with van der Waals surface area (Å²) in [7, 11) is 0. The number of halogens is 1. The third kappa shape index (κ3) is 4.26. The van der Waals surface area contributed by atoms with E-state index in [9.17, 15) is 14.6 Å². The maximum atomic E-state index is 13.2. The van der Waals surface area contributed by atoms with Crippen LogP contribution in [0, 0.1) is 17.3 Å².